The van der Waals surface area contributed by atoms with Gasteiger partial charge in [0.1, 0.15) is 17.6 Å². The average Bonchev–Trinajstić information content (AvgIpc) is 2.85. The van der Waals surface area contributed by atoms with Gasteiger partial charge in [-0.25, -0.2) is 0 Å². The highest BCUT2D eigenvalue weighted by Gasteiger charge is 2.52. The number of para-hydroxylation sites is 1. The fourth-order valence-corrected chi connectivity index (χ4v) is 3.74. The highest BCUT2D eigenvalue weighted by Crippen LogP contribution is 2.36. The molecule has 3 rings (SSSR count). The smallest absolute Gasteiger partial charge is 0.416 e. The van der Waals surface area contributed by atoms with E-state index in [1.54, 1.807) is 24.3 Å². The van der Waals surface area contributed by atoms with Crippen molar-refractivity contribution in [2.45, 2.75) is 17.8 Å². The molecule has 0 N–H and O–H groups in total. The lowest BCUT2D eigenvalue weighted by Gasteiger charge is -2.28. The minimum atomic E-state index is -4.68. The molecule has 0 aliphatic carbocycles. The Morgan fingerprint density at radius 1 is 0.973 bits per heavy atom. The molecule has 3 aromatic rings. The summed E-state index contributed by atoms with van der Waals surface area (Å²) in [6.07, 6.45) is -4.68. The first-order valence-electron chi connectivity index (χ1n) is 10.2. The number of alkyl halides is 3. The third kappa shape index (κ3) is 6.25. The van der Waals surface area contributed by atoms with Crippen molar-refractivity contribution in [1.82, 2.24) is 0 Å². The van der Waals surface area contributed by atoms with Crippen molar-refractivity contribution in [3.8, 4) is 17.6 Å². The van der Waals surface area contributed by atoms with Crippen LogP contribution in [-0.2, 0) is 16.6 Å². The number of carbonyl (C=O) groups excluding carboxylic acids is 1. The molecule has 0 fully saturated rings. The standard InChI is InChI=1S/C24H14Cl3F3N2O5/c25-17-8-6-14(10-18(17)26)23(13-31,37-16-4-2-1-3-5-16)22(33)20(32(34)35)12-36-21-9-7-15(11-19(21)27)24(28,29)30/h1-11,20H,12H2. The summed E-state index contributed by atoms with van der Waals surface area (Å²) >= 11 is 17.9. The zero-order valence-corrected chi connectivity index (χ0v) is 20.6. The van der Waals surface area contributed by atoms with Gasteiger partial charge in [-0.05, 0) is 42.5 Å². The molecule has 0 saturated carbocycles. The summed E-state index contributed by atoms with van der Waals surface area (Å²) in [6, 6.07) is 12.9. The number of nitriles is 1. The van der Waals surface area contributed by atoms with E-state index in [1.807, 2.05) is 0 Å². The minimum Gasteiger partial charge on any atom is -0.484 e. The number of benzene rings is 3. The Morgan fingerprint density at radius 2 is 1.59 bits per heavy atom. The largest absolute Gasteiger partial charge is 0.484 e. The number of Topliss-reactive ketones (excluding diaryl/α,β-unsaturated/α-hetero) is 1. The average molecular weight is 574 g/mol. The summed E-state index contributed by atoms with van der Waals surface area (Å²) in [5, 5.41) is 21.6. The molecule has 0 bridgehead atoms. The highest BCUT2D eigenvalue weighted by atomic mass is 35.5. The summed E-state index contributed by atoms with van der Waals surface area (Å²) in [5.41, 5.74) is -3.77. The van der Waals surface area contributed by atoms with Gasteiger partial charge in [0.2, 0.25) is 0 Å². The monoisotopic (exact) mass is 572 g/mol. The molecule has 0 saturated heterocycles. The van der Waals surface area contributed by atoms with Crippen LogP contribution in [0, 0.1) is 21.4 Å². The zero-order valence-electron chi connectivity index (χ0n) is 18.3. The topological polar surface area (TPSA) is 102 Å². The SMILES string of the molecule is N#CC(Oc1ccccc1)(C(=O)C(COc1ccc(C(F)(F)F)cc1Cl)[N+](=O)[O-])c1ccc(Cl)c(Cl)c1. The predicted molar refractivity (Wildman–Crippen MR) is 129 cm³/mol. The molecular formula is C24H14Cl3F3N2O5. The maximum absolute atomic E-state index is 13.6. The molecule has 0 spiro atoms. The normalized spacial score (nSPS) is 13.6. The summed E-state index contributed by atoms with van der Waals surface area (Å²) in [4.78, 5) is 24.5. The van der Waals surface area contributed by atoms with Crippen LogP contribution >= 0.6 is 34.8 Å². The second kappa shape index (κ2) is 11.3. The van der Waals surface area contributed by atoms with Crippen LogP contribution in [0.15, 0.2) is 66.7 Å². The number of carbonyl (C=O) groups is 1. The van der Waals surface area contributed by atoms with Gasteiger partial charge < -0.3 is 9.47 Å². The fraction of sp³-hybridized carbons (Fsp3) is 0.167. The van der Waals surface area contributed by atoms with Gasteiger partial charge in [0.25, 0.3) is 11.4 Å². The zero-order chi connectivity index (χ0) is 27.4. The lowest BCUT2D eigenvalue weighted by Crippen LogP contribution is -2.51. The molecule has 0 heterocycles. The summed E-state index contributed by atoms with van der Waals surface area (Å²) in [6.45, 7) is -0.972. The van der Waals surface area contributed by atoms with E-state index in [-0.39, 0.29) is 27.1 Å². The minimum absolute atomic E-state index is 0.0391. The Bertz CT molecular complexity index is 1370. The van der Waals surface area contributed by atoms with Crippen LogP contribution in [0.3, 0.4) is 0 Å². The van der Waals surface area contributed by atoms with E-state index < -0.39 is 45.7 Å². The van der Waals surface area contributed by atoms with E-state index in [9.17, 15) is 33.3 Å². The van der Waals surface area contributed by atoms with Crippen LogP contribution in [0.5, 0.6) is 11.5 Å². The molecule has 3 aromatic carbocycles. The lowest BCUT2D eigenvalue weighted by molar-refractivity contribution is -0.510. The summed E-state index contributed by atoms with van der Waals surface area (Å²) in [7, 11) is 0. The van der Waals surface area contributed by atoms with Crippen LogP contribution in [0.1, 0.15) is 11.1 Å². The number of halogens is 6. The molecule has 0 aliphatic heterocycles. The Kier molecular flexibility index (Phi) is 8.53. The number of hydrogen-bond donors (Lipinski definition) is 0. The first-order chi connectivity index (χ1) is 17.4. The van der Waals surface area contributed by atoms with Gasteiger partial charge in [-0.1, -0.05) is 59.1 Å². The molecule has 2 atom stereocenters. The fourth-order valence-electron chi connectivity index (χ4n) is 3.20. The second-order valence-electron chi connectivity index (χ2n) is 7.46. The molecule has 7 nitrogen and oxygen atoms in total. The molecule has 192 valence electrons. The van der Waals surface area contributed by atoms with Crippen molar-refractivity contribution < 1.29 is 32.4 Å². The lowest BCUT2D eigenvalue weighted by atomic mass is 9.86. The van der Waals surface area contributed by atoms with Gasteiger partial charge >= 0.3 is 12.2 Å². The van der Waals surface area contributed by atoms with Crippen molar-refractivity contribution in [1.29, 1.82) is 5.26 Å². The van der Waals surface area contributed by atoms with E-state index in [2.05, 4.69) is 0 Å². The number of nitrogens with zero attached hydrogens (tertiary/aromatic N) is 2. The number of ether oxygens (including phenoxy) is 2. The van der Waals surface area contributed by atoms with Crippen LogP contribution in [-0.4, -0.2) is 23.4 Å². The Balaban J connectivity index is 2.01. The van der Waals surface area contributed by atoms with Gasteiger partial charge in [0, 0.05) is 10.5 Å². The molecule has 0 aliphatic rings. The van der Waals surface area contributed by atoms with Crippen molar-refractivity contribution in [3.05, 3.63) is 103 Å². The van der Waals surface area contributed by atoms with Crippen molar-refractivity contribution >= 4 is 40.6 Å². The van der Waals surface area contributed by atoms with Gasteiger partial charge in [-0.2, -0.15) is 18.4 Å². The number of nitro groups is 1. The first kappa shape index (κ1) is 28.1. The van der Waals surface area contributed by atoms with Gasteiger partial charge in [0.15, 0.2) is 6.61 Å². The van der Waals surface area contributed by atoms with E-state index in [0.29, 0.717) is 12.1 Å². The van der Waals surface area contributed by atoms with Gasteiger partial charge in [0.05, 0.1) is 20.6 Å². The Hall–Kier alpha value is -3.52. The molecule has 0 radical (unpaired) electrons. The molecule has 0 aromatic heterocycles. The maximum atomic E-state index is 13.6. The van der Waals surface area contributed by atoms with Crippen LogP contribution in [0.25, 0.3) is 0 Å². The summed E-state index contributed by atoms with van der Waals surface area (Å²) in [5.74, 6) is -1.63. The predicted octanol–water partition coefficient (Wildman–Crippen LogP) is 6.76. The third-order valence-corrected chi connectivity index (χ3v) is 6.09. The van der Waals surface area contributed by atoms with Crippen LogP contribution in [0.2, 0.25) is 15.1 Å². The summed E-state index contributed by atoms with van der Waals surface area (Å²) < 4.78 is 49.7. The maximum Gasteiger partial charge on any atom is 0.416 e. The quantitative estimate of drug-likeness (QED) is 0.207. The van der Waals surface area contributed by atoms with Gasteiger partial charge in [-0.3, -0.25) is 14.9 Å². The van der Waals surface area contributed by atoms with Crippen molar-refractivity contribution in [3.63, 3.8) is 0 Å². The van der Waals surface area contributed by atoms with E-state index in [1.165, 1.54) is 30.3 Å². The molecule has 13 heteroatoms. The van der Waals surface area contributed by atoms with Crippen LogP contribution < -0.4 is 9.47 Å². The Morgan fingerprint density at radius 3 is 2.14 bits per heavy atom. The molecule has 0 amide bonds. The molecular weight excluding hydrogens is 560 g/mol. The van der Waals surface area contributed by atoms with E-state index in [0.717, 1.165) is 6.07 Å². The number of rotatable bonds is 9. The van der Waals surface area contributed by atoms with E-state index in [4.69, 9.17) is 44.3 Å². The third-order valence-electron chi connectivity index (χ3n) is 5.06. The van der Waals surface area contributed by atoms with E-state index >= 15 is 0 Å². The molecule has 2 unspecified atom stereocenters. The highest BCUT2D eigenvalue weighted by molar-refractivity contribution is 6.42. The first-order valence-corrected chi connectivity index (χ1v) is 11.3. The number of ketones is 1. The van der Waals surface area contributed by atoms with Crippen molar-refractivity contribution in [2.75, 3.05) is 6.61 Å². The van der Waals surface area contributed by atoms with Crippen molar-refractivity contribution in [2.24, 2.45) is 0 Å². The second-order valence-corrected chi connectivity index (χ2v) is 8.68. The number of hydrogen-bond acceptors (Lipinski definition) is 6. The Labute approximate surface area is 223 Å². The van der Waals surface area contributed by atoms with Gasteiger partial charge in [-0.15, -0.1) is 0 Å². The van der Waals surface area contributed by atoms with Crippen LogP contribution in [0.4, 0.5) is 13.2 Å². The molecule has 37 heavy (non-hydrogen) atoms.